The van der Waals surface area contributed by atoms with Crippen LogP contribution in [0, 0.1) is 13.8 Å². The molecule has 0 aliphatic carbocycles. The Hall–Kier alpha value is -4.20. The predicted octanol–water partition coefficient (Wildman–Crippen LogP) is 3.97. The Bertz CT molecular complexity index is 1130. The highest BCUT2D eigenvalue weighted by atomic mass is 16.6. The van der Waals surface area contributed by atoms with Gasteiger partial charge in [0, 0.05) is 26.0 Å². The molecule has 34 heavy (non-hydrogen) atoms. The third kappa shape index (κ3) is 9.12. The van der Waals surface area contributed by atoms with Gasteiger partial charge in [0.15, 0.2) is 11.5 Å². The van der Waals surface area contributed by atoms with E-state index in [1.165, 1.54) is 49.8 Å². The molecular formula is C26H26O8. The van der Waals surface area contributed by atoms with Crippen molar-refractivity contribution < 1.29 is 38.1 Å². The monoisotopic (exact) mass is 466 g/mol. The molecule has 0 heterocycles. The highest BCUT2D eigenvalue weighted by Gasteiger charge is 2.11. The Morgan fingerprint density at radius 1 is 0.676 bits per heavy atom. The first-order valence-corrected chi connectivity index (χ1v) is 10.4. The van der Waals surface area contributed by atoms with Gasteiger partial charge in [0.1, 0.15) is 13.2 Å². The van der Waals surface area contributed by atoms with E-state index < -0.39 is 23.9 Å². The number of rotatable bonds is 9. The summed E-state index contributed by atoms with van der Waals surface area (Å²) in [6.45, 7) is 6.23. The first-order chi connectivity index (χ1) is 16.1. The van der Waals surface area contributed by atoms with Gasteiger partial charge in [-0.1, -0.05) is 24.3 Å². The third-order valence-electron chi connectivity index (χ3n) is 4.40. The summed E-state index contributed by atoms with van der Waals surface area (Å²) in [6.07, 6.45) is 5.57. The van der Waals surface area contributed by atoms with Crippen LogP contribution in [0.3, 0.4) is 0 Å². The van der Waals surface area contributed by atoms with E-state index in [0.717, 1.165) is 11.1 Å². The lowest BCUT2D eigenvalue weighted by molar-refractivity contribution is -0.145. The molecule has 0 spiro atoms. The van der Waals surface area contributed by atoms with E-state index in [9.17, 15) is 19.2 Å². The molecule has 0 fully saturated rings. The van der Waals surface area contributed by atoms with Gasteiger partial charge in [-0.25, -0.2) is 9.59 Å². The fraction of sp³-hybridized carbons (Fsp3) is 0.231. The molecule has 0 atom stereocenters. The van der Waals surface area contributed by atoms with E-state index in [4.69, 9.17) is 18.9 Å². The molecule has 0 bridgehead atoms. The summed E-state index contributed by atoms with van der Waals surface area (Å²) >= 11 is 0. The quantitative estimate of drug-likeness (QED) is 0.237. The number of aryl methyl sites for hydroxylation is 2. The fourth-order valence-electron chi connectivity index (χ4n) is 2.68. The van der Waals surface area contributed by atoms with Crippen LogP contribution in [-0.4, -0.2) is 37.1 Å². The maximum atomic E-state index is 11.9. The molecule has 0 radical (unpaired) electrons. The van der Waals surface area contributed by atoms with Gasteiger partial charge in [-0.2, -0.15) is 0 Å². The van der Waals surface area contributed by atoms with Crippen LogP contribution in [0.4, 0.5) is 0 Å². The molecular weight excluding hydrogens is 440 g/mol. The van der Waals surface area contributed by atoms with Gasteiger partial charge in [-0.05, 0) is 60.4 Å². The number of esters is 4. The molecule has 0 aliphatic rings. The Balaban J connectivity index is 1.82. The fourth-order valence-corrected chi connectivity index (χ4v) is 2.68. The minimum Gasteiger partial charge on any atom is -0.459 e. The lowest BCUT2D eigenvalue weighted by Gasteiger charge is -2.09. The van der Waals surface area contributed by atoms with Gasteiger partial charge in [0.2, 0.25) is 0 Å². The van der Waals surface area contributed by atoms with E-state index in [2.05, 4.69) is 0 Å². The third-order valence-corrected chi connectivity index (χ3v) is 4.40. The number of hydrogen-bond acceptors (Lipinski definition) is 8. The lowest BCUT2D eigenvalue weighted by Crippen LogP contribution is -2.11. The van der Waals surface area contributed by atoms with Crippen molar-refractivity contribution in [2.75, 3.05) is 13.2 Å². The maximum Gasteiger partial charge on any atom is 0.330 e. The molecule has 2 aromatic carbocycles. The second kappa shape index (κ2) is 12.7. The van der Waals surface area contributed by atoms with Gasteiger partial charge in [-0.3, -0.25) is 9.59 Å². The Labute approximate surface area is 197 Å². The van der Waals surface area contributed by atoms with E-state index in [1.54, 1.807) is 12.1 Å². The minimum absolute atomic E-state index is 0.0407. The Kier molecular flexibility index (Phi) is 9.76. The smallest absolute Gasteiger partial charge is 0.330 e. The summed E-state index contributed by atoms with van der Waals surface area (Å²) in [7, 11) is 0. The van der Waals surface area contributed by atoms with Crippen molar-refractivity contribution in [3.05, 3.63) is 70.8 Å². The topological polar surface area (TPSA) is 105 Å². The summed E-state index contributed by atoms with van der Waals surface area (Å²) < 4.78 is 20.0. The molecule has 0 aromatic heterocycles. The number of carbonyl (C=O) groups excluding carboxylic acids is 4. The number of hydrogen-bond donors (Lipinski definition) is 0. The van der Waals surface area contributed by atoms with Gasteiger partial charge in [0.25, 0.3) is 0 Å². The second-order valence-electron chi connectivity index (χ2n) is 7.24. The van der Waals surface area contributed by atoms with Crippen LogP contribution in [-0.2, 0) is 28.7 Å². The van der Waals surface area contributed by atoms with Crippen molar-refractivity contribution in [1.82, 2.24) is 0 Å². The molecule has 178 valence electrons. The molecule has 8 nitrogen and oxygen atoms in total. The van der Waals surface area contributed by atoms with E-state index in [0.29, 0.717) is 5.56 Å². The van der Waals surface area contributed by atoms with E-state index in [-0.39, 0.29) is 24.7 Å². The van der Waals surface area contributed by atoms with Crippen molar-refractivity contribution in [1.29, 1.82) is 0 Å². The maximum absolute atomic E-state index is 11.9. The highest BCUT2D eigenvalue weighted by molar-refractivity contribution is 5.88. The molecule has 0 aliphatic heterocycles. The summed E-state index contributed by atoms with van der Waals surface area (Å²) in [6, 6.07) is 10.3. The van der Waals surface area contributed by atoms with Crippen LogP contribution in [0.25, 0.3) is 12.2 Å². The molecule has 0 amide bonds. The van der Waals surface area contributed by atoms with Crippen molar-refractivity contribution in [2.45, 2.75) is 27.7 Å². The van der Waals surface area contributed by atoms with Gasteiger partial charge < -0.3 is 18.9 Å². The standard InChI is InChI=1S/C26H26O8/c1-17-5-6-21(15-18(17)2)8-11-25(29)31-13-14-32-26(30)12-9-22-7-10-23(33-19(3)27)24(16-22)34-20(4)28/h5-12,15-16H,13-14H2,1-4H3/b11-8+,12-9+. The zero-order chi connectivity index (χ0) is 25.1. The first kappa shape index (κ1) is 26.1. The predicted molar refractivity (Wildman–Crippen MR) is 125 cm³/mol. The van der Waals surface area contributed by atoms with Gasteiger partial charge in [-0.15, -0.1) is 0 Å². The number of ether oxygens (including phenoxy) is 4. The normalized spacial score (nSPS) is 10.8. The minimum atomic E-state index is -0.653. The van der Waals surface area contributed by atoms with Crippen LogP contribution >= 0.6 is 0 Å². The van der Waals surface area contributed by atoms with Crippen LogP contribution < -0.4 is 9.47 Å². The van der Waals surface area contributed by atoms with E-state index >= 15 is 0 Å². The lowest BCUT2D eigenvalue weighted by atomic mass is 10.1. The zero-order valence-corrected chi connectivity index (χ0v) is 19.5. The zero-order valence-electron chi connectivity index (χ0n) is 19.5. The number of benzene rings is 2. The highest BCUT2D eigenvalue weighted by Crippen LogP contribution is 2.29. The van der Waals surface area contributed by atoms with Crippen LogP contribution in [0.1, 0.15) is 36.1 Å². The molecule has 0 saturated heterocycles. The van der Waals surface area contributed by atoms with Crippen molar-refractivity contribution in [3.63, 3.8) is 0 Å². The molecule has 0 unspecified atom stereocenters. The SMILES string of the molecule is CC(=O)Oc1ccc(/C=C/C(=O)OCCOC(=O)/C=C/c2ccc(C)c(C)c2)cc1OC(C)=O. The summed E-state index contributed by atoms with van der Waals surface area (Å²) in [5, 5.41) is 0. The first-order valence-electron chi connectivity index (χ1n) is 10.4. The van der Waals surface area contributed by atoms with Crippen molar-refractivity contribution in [2.24, 2.45) is 0 Å². The summed E-state index contributed by atoms with van der Waals surface area (Å²) in [4.78, 5) is 46.1. The number of carbonyl (C=O) groups is 4. The average molecular weight is 466 g/mol. The van der Waals surface area contributed by atoms with Crippen molar-refractivity contribution >= 4 is 36.0 Å². The molecule has 8 heteroatoms. The molecule has 0 saturated carbocycles. The molecule has 0 N–H and O–H groups in total. The Morgan fingerprint density at radius 2 is 1.18 bits per heavy atom. The molecule has 2 aromatic rings. The van der Waals surface area contributed by atoms with Crippen LogP contribution in [0.2, 0.25) is 0 Å². The molecule has 2 rings (SSSR count). The largest absolute Gasteiger partial charge is 0.459 e. The summed E-state index contributed by atoms with van der Waals surface area (Å²) in [5.74, 6) is -2.24. The van der Waals surface area contributed by atoms with Crippen LogP contribution in [0.15, 0.2) is 48.6 Å². The van der Waals surface area contributed by atoms with Crippen molar-refractivity contribution in [3.8, 4) is 11.5 Å². The average Bonchev–Trinajstić information content (AvgIpc) is 2.77. The summed E-state index contributed by atoms with van der Waals surface area (Å²) in [5.41, 5.74) is 3.68. The van der Waals surface area contributed by atoms with Gasteiger partial charge in [0.05, 0.1) is 0 Å². The Morgan fingerprint density at radius 3 is 1.71 bits per heavy atom. The second-order valence-corrected chi connectivity index (χ2v) is 7.24. The van der Waals surface area contributed by atoms with E-state index in [1.807, 2.05) is 32.0 Å². The van der Waals surface area contributed by atoms with Crippen LogP contribution in [0.5, 0.6) is 11.5 Å². The van der Waals surface area contributed by atoms with Gasteiger partial charge >= 0.3 is 23.9 Å².